The number of esters is 1. The Morgan fingerprint density at radius 2 is 1.56 bits per heavy atom. The molecular weight excluding hydrogens is 407 g/mol. The number of nitrogens with zero attached hydrogens (tertiary/aromatic N) is 2. The summed E-state index contributed by atoms with van der Waals surface area (Å²) in [5.41, 5.74) is 2.02. The van der Waals surface area contributed by atoms with E-state index in [0.29, 0.717) is 6.54 Å². The van der Waals surface area contributed by atoms with Crippen LogP contribution in [0.15, 0.2) is 78.9 Å². The lowest BCUT2D eigenvalue weighted by atomic mass is 10.1. The van der Waals surface area contributed by atoms with Crippen LogP contribution in [0.3, 0.4) is 0 Å². The first-order valence-corrected chi connectivity index (χ1v) is 10.8. The third kappa shape index (κ3) is 5.26. The first kappa shape index (κ1) is 21.8. The SMILES string of the molecule is COc1ccc(N2CCN(CC(OC(=O)c3ccccc3F)c3ccccc3)CC2)cc1. The molecule has 32 heavy (non-hydrogen) atoms. The summed E-state index contributed by atoms with van der Waals surface area (Å²) in [5.74, 6) is -0.374. The van der Waals surface area contributed by atoms with E-state index in [1.54, 1.807) is 19.2 Å². The molecule has 0 aliphatic carbocycles. The number of methoxy groups -OCH3 is 1. The fourth-order valence-electron chi connectivity index (χ4n) is 3.91. The molecule has 1 fully saturated rings. The molecule has 1 unspecified atom stereocenters. The van der Waals surface area contributed by atoms with Crippen LogP contribution in [0.1, 0.15) is 22.0 Å². The molecule has 1 saturated heterocycles. The maximum atomic E-state index is 14.1. The van der Waals surface area contributed by atoms with Crippen LogP contribution in [0.25, 0.3) is 0 Å². The summed E-state index contributed by atoms with van der Waals surface area (Å²) in [6, 6.07) is 23.6. The van der Waals surface area contributed by atoms with E-state index in [1.165, 1.54) is 12.1 Å². The van der Waals surface area contributed by atoms with E-state index in [2.05, 4.69) is 21.9 Å². The van der Waals surface area contributed by atoms with Crippen molar-refractivity contribution < 1.29 is 18.7 Å². The highest BCUT2D eigenvalue weighted by Crippen LogP contribution is 2.24. The van der Waals surface area contributed by atoms with Crippen molar-refractivity contribution in [3.8, 4) is 5.75 Å². The van der Waals surface area contributed by atoms with Gasteiger partial charge in [0.2, 0.25) is 0 Å². The van der Waals surface area contributed by atoms with Gasteiger partial charge in [-0.25, -0.2) is 9.18 Å². The predicted octanol–water partition coefficient (Wildman–Crippen LogP) is 4.55. The Balaban J connectivity index is 1.41. The lowest BCUT2D eigenvalue weighted by Gasteiger charge is -2.37. The third-order valence-electron chi connectivity index (χ3n) is 5.75. The number of benzene rings is 3. The molecule has 1 atom stereocenters. The van der Waals surface area contributed by atoms with Gasteiger partial charge in [0.25, 0.3) is 0 Å². The quantitative estimate of drug-likeness (QED) is 0.510. The third-order valence-corrected chi connectivity index (χ3v) is 5.75. The van der Waals surface area contributed by atoms with Crippen LogP contribution in [0, 0.1) is 5.82 Å². The Labute approximate surface area is 188 Å². The van der Waals surface area contributed by atoms with E-state index in [9.17, 15) is 9.18 Å². The van der Waals surface area contributed by atoms with Crippen LogP contribution in [0.5, 0.6) is 5.75 Å². The molecule has 0 aromatic heterocycles. The van der Waals surface area contributed by atoms with Crippen molar-refractivity contribution in [2.24, 2.45) is 0 Å². The van der Waals surface area contributed by atoms with Crippen molar-refractivity contribution in [2.75, 3.05) is 44.7 Å². The molecule has 6 heteroatoms. The zero-order valence-corrected chi connectivity index (χ0v) is 18.1. The molecule has 5 nitrogen and oxygen atoms in total. The fourth-order valence-corrected chi connectivity index (χ4v) is 3.91. The average molecular weight is 435 g/mol. The molecule has 1 aliphatic heterocycles. The van der Waals surface area contributed by atoms with Crippen molar-refractivity contribution in [3.05, 3.63) is 95.8 Å². The van der Waals surface area contributed by atoms with Crippen LogP contribution in [0.2, 0.25) is 0 Å². The second-order valence-corrected chi connectivity index (χ2v) is 7.77. The summed E-state index contributed by atoms with van der Waals surface area (Å²) < 4.78 is 25.1. The maximum absolute atomic E-state index is 14.1. The van der Waals surface area contributed by atoms with E-state index in [-0.39, 0.29) is 5.56 Å². The summed E-state index contributed by atoms with van der Waals surface area (Å²) in [7, 11) is 1.66. The predicted molar refractivity (Wildman–Crippen MR) is 123 cm³/mol. The highest BCUT2D eigenvalue weighted by Gasteiger charge is 2.25. The smallest absolute Gasteiger partial charge is 0.341 e. The second kappa shape index (κ2) is 10.3. The molecule has 3 aromatic carbocycles. The number of rotatable bonds is 7. The maximum Gasteiger partial charge on any atom is 0.341 e. The van der Waals surface area contributed by atoms with E-state index in [1.807, 2.05) is 42.5 Å². The number of carbonyl (C=O) groups excluding carboxylic acids is 1. The van der Waals surface area contributed by atoms with Crippen LogP contribution in [0.4, 0.5) is 10.1 Å². The standard InChI is InChI=1S/C26H27FN2O3/c1-31-22-13-11-21(12-14-22)29-17-15-28(16-18-29)19-25(20-7-3-2-4-8-20)32-26(30)23-9-5-6-10-24(23)27/h2-14,25H,15-19H2,1H3. The van der Waals surface area contributed by atoms with Gasteiger partial charge in [0, 0.05) is 38.4 Å². The molecule has 1 heterocycles. The number of hydrogen-bond acceptors (Lipinski definition) is 5. The highest BCUT2D eigenvalue weighted by atomic mass is 19.1. The lowest BCUT2D eigenvalue weighted by Crippen LogP contribution is -2.47. The van der Waals surface area contributed by atoms with Crippen LogP contribution >= 0.6 is 0 Å². The Bertz CT molecular complexity index is 1020. The molecule has 0 amide bonds. The summed E-state index contributed by atoms with van der Waals surface area (Å²) in [6.07, 6.45) is -0.476. The van der Waals surface area contributed by atoms with Crippen molar-refractivity contribution in [2.45, 2.75) is 6.10 Å². The molecule has 0 N–H and O–H groups in total. The summed E-state index contributed by atoms with van der Waals surface area (Å²) >= 11 is 0. The fraction of sp³-hybridized carbons (Fsp3) is 0.269. The summed E-state index contributed by atoms with van der Waals surface area (Å²) in [5, 5.41) is 0. The molecule has 4 rings (SSSR count). The minimum Gasteiger partial charge on any atom is -0.497 e. The first-order chi connectivity index (χ1) is 15.6. The van der Waals surface area contributed by atoms with E-state index < -0.39 is 17.9 Å². The largest absolute Gasteiger partial charge is 0.497 e. The molecule has 0 saturated carbocycles. The zero-order chi connectivity index (χ0) is 22.3. The number of halogens is 1. The van der Waals surface area contributed by atoms with Crippen molar-refractivity contribution in [1.82, 2.24) is 4.90 Å². The van der Waals surface area contributed by atoms with Gasteiger partial charge in [0.15, 0.2) is 0 Å². The number of ether oxygens (including phenoxy) is 2. The minimum absolute atomic E-state index is 0.0437. The molecule has 166 valence electrons. The topological polar surface area (TPSA) is 42.0 Å². The van der Waals surface area contributed by atoms with Crippen LogP contribution in [-0.4, -0.2) is 50.7 Å². The van der Waals surface area contributed by atoms with Gasteiger partial charge in [0.1, 0.15) is 17.7 Å². The van der Waals surface area contributed by atoms with Gasteiger partial charge in [0.05, 0.1) is 12.7 Å². The first-order valence-electron chi connectivity index (χ1n) is 10.8. The van der Waals surface area contributed by atoms with E-state index in [0.717, 1.165) is 43.2 Å². The van der Waals surface area contributed by atoms with Crippen LogP contribution < -0.4 is 9.64 Å². The summed E-state index contributed by atoms with van der Waals surface area (Å²) in [4.78, 5) is 17.3. The number of piperazine rings is 1. The molecule has 0 bridgehead atoms. The monoisotopic (exact) mass is 434 g/mol. The van der Waals surface area contributed by atoms with Gasteiger partial charge >= 0.3 is 5.97 Å². The number of carbonyl (C=O) groups is 1. The Kier molecular flexibility index (Phi) is 7.02. The Hall–Kier alpha value is -3.38. The second-order valence-electron chi connectivity index (χ2n) is 7.77. The average Bonchev–Trinajstić information content (AvgIpc) is 2.85. The molecule has 3 aromatic rings. The van der Waals surface area contributed by atoms with E-state index >= 15 is 0 Å². The van der Waals surface area contributed by atoms with Gasteiger partial charge in [-0.1, -0.05) is 42.5 Å². The number of hydrogen-bond donors (Lipinski definition) is 0. The van der Waals surface area contributed by atoms with Crippen LogP contribution in [-0.2, 0) is 4.74 Å². The highest BCUT2D eigenvalue weighted by molar-refractivity contribution is 5.89. The van der Waals surface area contributed by atoms with Gasteiger partial charge in [-0.2, -0.15) is 0 Å². The minimum atomic E-state index is -0.645. The van der Waals surface area contributed by atoms with Gasteiger partial charge in [-0.05, 0) is 42.0 Å². The molecule has 1 aliphatic rings. The zero-order valence-electron chi connectivity index (χ0n) is 18.1. The Morgan fingerprint density at radius 1 is 0.906 bits per heavy atom. The van der Waals surface area contributed by atoms with Crippen molar-refractivity contribution in [1.29, 1.82) is 0 Å². The normalized spacial score (nSPS) is 15.2. The van der Waals surface area contributed by atoms with Crippen molar-refractivity contribution in [3.63, 3.8) is 0 Å². The van der Waals surface area contributed by atoms with Gasteiger partial charge < -0.3 is 14.4 Å². The molecule has 0 radical (unpaired) electrons. The lowest BCUT2D eigenvalue weighted by molar-refractivity contribution is 0.0185. The summed E-state index contributed by atoms with van der Waals surface area (Å²) in [6.45, 7) is 3.98. The van der Waals surface area contributed by atoms with Gasteiger partial charge in [-0.3, -0.25) is 4.90 Å². The van der Waals surface area contributed by atoms with Crippen molar-refractivity contribution >= 4 is 11.7 Å². The molecular formula is C26H27FN2O3. The number of anilines is 1. The Morgan fingerprint density at radius 3 is 2.22 bits per heavy atom. The van der Waals surface area contributed by atoms with E-state index in [4.69, 9.17) is 9.47 Å². The van der Waals surface area contributed by atoms with Gasteiger partial charge in [-0.15, -0.1) is 0 Å². The molecule has 0 spiro atoms.